The number of β-lactam (4-membered cyclic amide) rings is 1. The number of aliphatic hydroxyl groups excluding tert-OH is 1. The van der Waals surface area contributed by atoms with Gasteiger partial charge in [0.1, 0.15) is 0 Å². The summed E-state index contributed by atoms with van der Waals surface area (Å²) in [6, 6.07) is 0. The van der Waals surface area contributed by atoms with Gasteiger partial charge in [0.15, 0.2) is 6.23 Å². The van der Waals surface area contributed by atoms with E-state index in [4.69, 9.17) is 9.47 Å². The Morgan fingerprint density at radius 3 is 2.56 bits per heavy atom. The van der Waals surface area contributed by atoms with Gasteiger partial charge in [-0.15, -0.1) is 5.10 Å². The largest absolute Gasteiger partial charge is 0.549 e. The first kappa shape index (κ1) is 26.0. The van der Waals surface area contributed by atoms with Crippen molar-refractivity contribution in [3.8, 4) is 0 Å². The second-order valence-electron chi connectivity index (χ2n) is 8.75. The smallest absolute Gasteiger partial charge is 0.287 e. The molecule has 1 unspecified atom stereocenters. The molecule has 2 amide bonds. The van der Waals surface area contributed by atoms with E-state index in [2.05, 4.69) is 20.8 Å². The standard InChI is InChI=1S/C20H26N6O9S/c1-25-19(22-23-24-25)36-8-10-7-35-18-20(34-2,17(33)26(18)13(10)16(31)32)21-14(28)12(15(29)30)9-3-5-11(27)6-4-9/h9,11-12,18,27H,3-8H2,1-2H3,(H,21,28)(H,29,30)(H,31,32)/p-2/t9?,11?,12?,18-,20+/m1/s1. The highest BCUT2D eigenvalue weighted by molar-refractivity contribution is 7.99. The quantitative estimate of drug-likeness (QED) is 0.136. The van der Waals surface area contributed by atoms with Crippen LogP contribution in [0.1, 0.15) is 25.7 Å². The van der Waals surface area contributed by atoms with Crippen LogP contribution in [-0.4, -0.2) is 91.5 Å². The molecule has 0 aromatic carbocycles. The van der Waals surface area contributed by atoms with E-state index in [-0.39, 0.29) is 30.8 Å². The molecule has 2 fully saturated rings. The van der Waals surface area contributed by atoms with E-state index in [9.17, 15) is 34.5 Å². The van der Waals surface area contributed by atoms with E-state index in [1.165, 1.54) is 4.68 Å². The molecule has 3 aliphatic rings. The summed E-state index contributed by atoms with van der Waals surface area (Å²) in [5.41, 5.74) is -2.35. The number of aliphatic carboxylic acids is 2. The van der Waals surface area contributed by atoms with Gasteiger partial charge < -0.3 is 39.7 Å². The van der Waals surface area contributed by atoms with E-state index in [0.29, 0.717) is 18.0 Å². The minimum Gasteiger partial charge on any atom is -0.549 e. The molecule has 1 saturated carbocycles. The summed E-state index contributed by atoms with van der Waals surface area (Å²) in [7, 11) is 2.71. The number of carboxylic acids is 2. The highest BCUT2D eigenvalue weighted by Gasteiger charge is 2.67. The number of methoxy groups -OCH3 is 1. The number of fused-ring (bicyclic) bond motifs is 1. The van der Waals surface area contributed by atoms with Gasteiger partial charge in [0.2, 0.25) is 11.1 Å². The molecule has 3 atom stereocenters. The maximum Gasteiger partial charge on any atom is 0.287 e. The fraction of sp³-hybridized carbons (Fsp3) is 0.650. The number of nitrogens with one attached hydrogen (secondary N) is 1. The highest BCUT2D eigenvalue weighted by Crippen LogP contribution is 2.41. The predicted octanol–water partition coefficient (Wildman–Crippen LogP) is -4.12. The van der Waals surface area contributed by atoms with Crippen molar-refractivity contribution >= 4 is 35.5 Å². The number of aryl methyl sites for hydroxylation is 1. The van der Waals surface area contributed by atoms with Crippen LogP contribution in [0.4, 0.5) is 0 Å². The van der Waals surface area contributed by atoms with Gasteiger partial charge in [-0.3, -0.25) is 14.5 Å². The van der Waals surface area contributed by atoms with Crippen LogP contribution in [0.3, 0.4) is 0 Å². The summed E-state index contributed by atoms with van der Waals surface area (Å²) in [4.78, 5) is 50.8. The van der Waals surface area contributed by atoms with Crippen LogP contribution in [0.2, 0.25) is 0 Å². The van der Waals surface area contributed by atoms with Crippen LogP contribution in [0.15, 0.2) is 16.4 Å². The van der Waals surface area contributed by atoms with Crippen molar-refractivity contribution < 1.29 is 44.0 Å². The summed E-state index contributed by atoms with van der Waals surface area (Å²) in [6.45, 7) is -0.235. The first-order valence-corrected chi connectivity index (χ1v) is 12.1. The molecular formula is C20H24N6O9S-2. The van der Waals surface area contributed by atoms with Crippen molar-refractivity contribution in [2.75, 3.05) is 19.5 Å². The first-order chi connectivity index (χ1) is 17.1. The number of carbonyl (C=O) groups is 4. The Morgan fingerprint density at radius 2 is 2.00 bits per heavy atom. The van der Waals surface area contributed by atoms with Crippen LogP contribution in [0.5, 0.6) is 0 Å². The first-order valence-electron chi connectivity index (χ1n) is 11.1. The third-order valence-electron chi connectivity index (χ3n) is 6.64. The fourth-order valence-electron chi connectivity index (χ4n) is 4.75. The lowest BCUT2D eigenvalue weighted by Gasteiger charge is -2.56. The Labute approximate surface area is 208 Å². The van der Waals surface area contributed by atoms with Gasteiger partial charge in [0.05, 0.1) is 36.3 Å². The van der Waals surface area contributed by atoms with Crippen molar-refractivity contribution in [2.45, 2.75) is 48.9 Å². The van der Waals surface area contributed by atoms with E-state index < -0.39 is 59.3 Å². The molecule has 1 aliphatic carbocycles. The third-order valence-corrected chi connectivity index (χ3v) is 7.74. The number of aromatic nitrogens is 4. The zero-order valence-corrected chi connectivity index (χ0v) is 20.2. The van der Waals surface area contributed by atoms with Crippen LogP contribution >= 0.6 is 11.8 Å². The molecular weight excluding hydrogens is 500 g/mol. The average molecular weight is 525 g/mol. The normalized spacial score (nSPS) is 28.8. The molecule has 0 radical (unpaired) electrons. The maximum absolute atomic E-state index is 13.2. The van der Waals surface area contributed by atoms with E-state index >= 15 is 0 Å². The predicted molar refractivity (Wildman–Crippen MR) is 112 cm³/mol. The summed E-state index contributed by atoms with van der Waals surface area (Å²) >= 11 is 1.12. The zero-order chi connectivity index (χ0) is 26.2. The van der Waals surface area contributed by atoms with Crippen LogP contribution < -0.4 is 15.5 Å². The molecule has 2 N–H and O–H groups in total. The molecule has 3 heterocycles. The number of nitrogens with zero attached hydrogens (tertiary/aromatic N) is 5. The van der Waals surface area contributed by atoms with Crippen molar-refractivity contribution in [2.24, 2.45) is 18.9 Å². The zero-order valence-electron chi connectivity index (χ0n) is 19.4. The number of thioether (sulfide) groups is 1. The van der Waals surface area contributed by atoms with Gasteiger partial charge in [0, 0.05) is 19.9 Å². The molecule has 1 aromatic rings. The molecule has 16 heteroatoms. The van der Waals surface area contributed by atoms with Crippen LogP contribution in [0.25, 0.3) is 0 Å². The molecule has 0 bridgehead atoms. The summed E-state index contributed by atoms with van der Waals surface area (Å²) in [5, 5.41) is 47.2. The molecule has 0 spiro atoms. The van der Waals surface area contributed by atoms with Crippen molar-refractivity contribution in [1.82, 2.24) is 30.4 Å². The van der Waals surface area contributed by atoms with Gasteiger partial charge in [-0.05, 0) is 47.6 Å². The summed E-state index contributed by atoms with van der Waals surface area (Å²) in [5.74, 6) is -7.37. The SMILES string of the molecule is CO[C@@]1(NC(=O)C(C(=O)[O-])C2CCC(O)CC2)C(=O)N2C(C(=O)[O-])=C(CSc3nnnn3C)CO[C@@H]21. The van der Waals surface area contributed by atoms with Gasteiger partial charge in [-0.25, -0.2) is 4.68 Å². The average Bonchev–Trinajstić information content (AvgIpc) is 3.25. The number of hydrogen-bond donors (Lipinski definition) is 2. The fourth-order valence-corrected chi connectivity index (χ4v) is 5.59. The van der Waals surface area contributed by atoms with Crippen molar-refractivity contribution in [3.63, 3.8) is 0 Å². The van der Waals surface area contributed by atoms with E-state index in [0.717, 1.165) is 23.8 Å². The third kappa shape index (κ3) is 4.44. The second kappa shape index (κ2) is 10.1. The lowest BCUT2D eigenvalue weighted by atomic mass is 9.78. The lowest BCUT2D eigenvalue weighted by molar-refractivity contribution is -0.312. The van der Waals surface area contributed by atoms with Crippen molar-refractivity contribution in [1.29, 1.82) is 0 Å². The van der Waals surface area contributed by atoms with Crippen LogP contribution in [0, 0.1) is 11.8 Å². The molecule has 36 heavy (non-hydrogen) atoms. The van der Waals surface area contributed by atoms with E-state index in [1.54, 1.807) is 7.05 Å². The minimum atomic E-state index is -2.13. The number of amides is 2. The topological polar surface area (TPSA) is 212 Å². The number of carboxylic acid groups (broad SMARTS) is 2. The van der Waals surface area contributed by atoms with Gasteiger partial charge in [-0.2, -0.15) is 0 Å². The van der Waals surface area contributed by atoms with Gasteiger partial charge in [0.25, 0.3) is 11.6 Å². The molecule has 196 valence electrons. The Hall–Kier alpha value is -3.08. The van der Waals surface area contributed by atoms with Crippen LogP contribution in [-0.2, 0) is 35.7 Å². The Kier molecular flexibility index (Phi) is 7.31. The van der Waals surface area contributed by atoms with Gasteiger partial charge in [-0.1, -0.05) is 11.8 Å². The number of ether oxygens (including phenoxy) is 2. The number of tetrazole rings is 1. The monoisotopic (exact) mass is 524 g/mol. The molecule has 4 rings (SSSR count). The number of hydrogen-bond acceptors (Lipinski definition) is 13. The minimum absolute atomic E-state index is 0.0701. The highest BCUT2D eigenvalue weighted by atomic mass is 32.2. The van der Waals surface area contributed by atoms with E-state index in [1.807, 2.05) is 0 Å². The summed E-state index contributed by atoms with van der Waals surface area (Å²) < 4.78 is 12.4. The number of rotatable bonds is 9. The molecule has 1 saturated heterocycles. The van der Waals surface area contributed by atoms with Crippen molar-refractivity contribution in [3.05, 3.63) is 11.3 Å². The maximum atomic E-state index is 13.2. The number of aliphatic hydroxyl groups is 1. The number of carbonyl (C=O) groups excluding carboxylic acids is 4. The Balaban J connectivity index is 1.54. The molecule has 1 aromatic heterocycles. The Morgan fingerprint density at radius 1 is 1.31 bits per heavy atom. The Bertz CT molecular complexity index is 1100. The molecule has 15 nitrogen and oxygen atoms in total. The van der Waals surface area contributed by atoms with Gasteiger partial charge >= 0.3 is 0 Å². The molecule has 2 aliphatic heterocycles. The second-order valence-corrected chi connectivity index (χ2v) is 9.69. The summed E-state index contributed by atoms with van der Waals surface area (Å²) in [6.07, 6.45) is -0.699. The lowest BCUT2D eigenvalue weighted by Crippen LogP contribution is -2.83.